The van der Waals surface area contributed by atoms with Crippen molar-refractivity contribution in [2.24, 2.45) is 0 Å². The Labute approximate surface area is 152 Å². The fourth-order valence-electron chi connectivity index (χ4n) is 2.63. The molecule has 0 aliphatic heterocycles. The smallest absolute Gasteiger partial charge is 0.264 e. The number of fused-ring (bicyclic) bond motifs is 1. The van der Waals surface area contributed by atoms with Crippen molar-refractivity contribution in [3.63, 3.8) is 0 Å². The van der Waals surface area contributed by atoms with Crippen molar-refractivity contribution in [1.29, 1.82) is 0 Å². The van der Waals surface area contributed by atoms with Gasteiger partial charge in [0, 0.05) is 4.88 Å². The third-order valence-electron chi connectivity index (χ3n) is 3.91. The summed E-state index contributed by atoms with van der Waals surface area (Å²) in [5.74, 6) is -0.239. The molecule has 0 aliphatic carbocycles. The highest BCUT2D eigenvalue weighted by molar-refractivity contribution is 7.09. The lowest BCUT2D eigenvalue weighted by Gasteiger charge is -2.07. The fourth-order valence-corrected chi connectivity index (χ4v) is 3.27. The van der Waals surface area contributed by atoms with E-state index in [0.29, 0.717) is 17.6 Å². The number of hydrogen-bond donors (Lipinski definition) is 1. The van der Waals surface area contributed by atoms with E-state index >= 15 is 0 Å². The van der Waals surface area contributed by atoms with E-state index in [-0.39, 0.29) is 18.0 Å². The predicted molar refractivity (Wildman–Crippen MR) is 99.3 cm³/mol. The first kappa shape index (κ1) is 16.2. The van der Waals surface area contributed by atoms with E-state index in [1.54, 1.807) is 16.0 Å². The zero-order chi connectivity index (χ0) is 17.9. The first-order chi connectivity index (χ1) is 12.7. The molecule has 0 fully saturated rings. The molecule has 0 atom stereocenters. The van der Waals surface area contributed by atoms with E-state index < -0.39 is 0 Å². The summed E-state index contributed by atoms with van der Waals surface area (Å²) in [7, 11) is 0. The lowest BCUT2D eigenvalue weighted by Crippen LogP contribution is -2.32. The minimum absolute atomic E-state index is 0.0797. The minimum atomic E-state index is -0.288. The van der Waals surface area contributed by atoms with Gasteiger partial charge in [-0.3, -0.25) is 14.2 Å². The summed E-state index contributed by atoms with van der Waals surface area (Å²) in [6.07, 6.45) is 2.87. The Kier molecular flexibility index (Phi) is 4.32. The van der Waals surface area contributed by atoms with Crippen LogP contribution in [0.25, 0.3) is 16.7 Å². The second-order valence-corrected chi connectivity index (χ2v) is 6.70. The van der Waals surface area contributed by atoms with E-state index in [9.17, 15) is 9.59 Å². The van der Waals surface area contributed by atoms with Crippen LogP contribution in [0.3, 0.4) is 0 Å². The molecule has 0 saturated carbocycles. The Balaban J connectivity index is 1.56. The summed E-state index contributed by atoms with van der Waals surface area (Å²) in [6.45, 7) is 0.372. The second-order valence-electron chi connectivity index (χ2n) is 5.66. The van der Waals surface area contributed by atoms with Crippen LogP contribution in [0, 0.1) is 0 Å². The number of para-hydroxylation sites is 1. The Hall–Kier alpha value is -3.26. The van der Waals surface area contributed by atoms with Crippen LogP contribution in [0.1, 0.15) is 4.88 Å². The molecule has 4 rings (SSSR count). The van der Waals surface area contributed by atoms with Crippen LogP contribution in [0.5, 0.6) is 0 Å². The predicted octanol–water partition coefficient (Wildman–Crippen LogP) is 1.96. The molecule has 8 heteroatoms. The third-order valence-corrected chi connectivity index (χ3v) is 4.79. The molecule has 0 spiro atoms. The normalized spacial score (nSPS) is 10.9. The largest absolute Gasteiger partial charge is 0.350 e. The Morgan fingerprint density at radius 1 is 1.15 bits per heavy atom. The molecule has 0 radical (unpaired) electrons. The number of amides is 1. The number of hydrogen-bond acceptors (Lipinski definition) is 5. The molecule has 0 aliphatic rings. The molecule has 26 heavy (non-hydrogen) atoms. The van der Waals surface area contributed by atoms with Crippen LogP contribution >= 0.6 is 11.3 Å². The van der Waals surface area contributed by atoms with Crippen molar-refractivity contribution >= 4 is 28.3 Å². The van der Waals surface area contributed by atoms with Gasteiger partial charge in [-0.15, -0.1) is 11.3 Å². The van der Waals surface area contributed by atoms with Crippen molar-refractivity contribution in [3.05, 3.63) is 75.6 Å². The highest BCUT2D eigenvalue weighted by Crippen LogP contribution is 2.13. The molecule has 4 aromatic rings. The minimum Gasteiger partial charge on any atom is -0.350 e. The van der Waals surface area contributed by atoms with Crippen LogP contribution in [0.4, 0.5) is 0 Å². The SMILES string of the molecule is O=C(Cn1cnc2c(cnn2-c2ccccc2)c1=O)NCc1cccs1. The number of aromatic nitrogens is 4. The van der Waals surface area contributed by atoms with E-state index in [1.165, 1.54) is 17.1 Å². The van der Waals surface area contributed by atoms with Gasteiger partial charge in [-0.1, -0.05) is 24.3 Å². The quantitative estimate of drug-likeness (QED) is 0.586. The highest BCUT2D eigenvalue weighted by atomic mass is 32.1. The van der Waals surface area contributed by atoms with Crippen LogP contribution in [-0.2, 0) is 17.9 Å². The topological polar surface area (TPSA) is 81.8 Å². The molecule has 1 aromatic carbocycles. The summed E-state index contributed by atoms with van der Waals surface area (Å²) >= 11 is 1.57. The zero-order valence-electron chi connectivity index (χ0n) is 13.7. The molecule has 1 amide bonds. The average molecular weight is 365 g/mol. The van der Waals surface area contributed by atoms with Crippen molar-refractivity contribution in [1.82, 2.24) is 24.6 Å². The van der Waals surface area contributed by atoms with Gasteiger partial charge in [0.15, 0.2) is 5.65 Å². The van der Waals surface area contributed by atoms with Crippen molar-refractivity contribution in [2.45, 2.75) is 13.1 Å². The number of benzene rings is 1. The Bertz CT molecular complexity index is 1100. The Morgan fingerprint density at radius 3 is 2.77 bits per heavy atom. The van der Waals surface area contributed by atoms with Crippen molar-refractivity contribution < 1.29 is 4.79 Å². The van der Waals surface area contributed by atoms with Gasteiger partial charge in [0.1, 0.15) is 18.3 Å². The number of nitrogens with one attached hydrogen (secondary N) is 1. The molecular weight excluding hydrogens is 350 g/mol. The number of nitrogens with zero attached hydrogens (tertiary/aromatic N) is 4. The standard InChI is InChI=1S/C18H15N5O2S/c24-16(19-9-14-7-4-8-26-14)11-22-12-20-17-15(18(22)25)10-21-23(17)13-5-2-1-3-6-13/h1-8,10,12H,9,11H2,(H,19,24). The molecule has 0 saturated heterocycles. The lowest BCUT2D eigenvalue weighted by atomic mass is 10.3. The van der Waals surface area contributed by atoms with Gasteiger partial charge in [0.2, 0.25) is 5.91 Å². The molecule has 0 unspecified atom stereocenters. The number of carbonyl (C=O) groups excluding carboxylic acids is 1. The van der Waals surface area contributed by atoms with E-state index in [2.05, 4.69) is 15.4 Å². The first-order valence-electron chi connectivity index (χ1n) is 8.00. The maximum absolute atomic E-state index is 12.6. The van der Waals surface area contributed by atoms with Crippen molar-refractivity contribution in [3.8, 4) is 5.69 Å². The van der Waals surface area contributed by atoms with Gasteiger partial charge in [-0.05, 0) is 23.6 Å². The summed E-state index contributed by atoms with van der Waals surface area (Å²) < 4.78 is 2.90. The molecule has 3 heterocycles. The molecule has 130 valence electrons. The van der Waals surface area contributed by atoms with Crippen LogP contribution in [0.2, 0.25) is 0 Å². The average Bonchev–Trinajstić information content (AvgIpc) is 3.33. The monoisotopic (exact) mass is 365 g/mol. The van der Waals surface area contributed by atoms with Gasteiger partial charge < -0.3 is 5.32 Å². The maximum Gasteiger partial charge on any atom is 0.264 e. The summed E-state index contributed by atoms with van der Waals surface area (Å²) in [5, 5.41) is 9.39. The zero-order valence-corrected chi connectivity index (χ0v) is 14.5. The maximum atomic E-state index is 12.6. The Morgan fingerprint density at radius 2 is 2.00 bits per heavy atom. The number of thiophene rings is 1. The molecule has 1 N–H and O–H groups in total. The second kappa shape index (κ2) is 6.93. The highest BCUT2D eigenvalue weighted by Gasteiger charge is 2.13. The first-order valence-corrected chi connectivity index (χ1v) is 8.88. The molecule has 0 bridgehead atoms. The molecule has 3 aromatic heterocycles. The lowest BCUT2D eigenvalue weighted by molar-refractivity contribution is -0.121. The number of carbonyl (C=O) groups is 1. The third kappa shape index (κ3) is 3.14. The van der Waals surface area contributed by atoms with Crippen LogP contribution in [0.15, 0.2) is 65.2 Å². The molecular formula is C18H15N5O2S. The van der Waals surface area contributed by atoms with Gasteiger partial charge in [0.25, 0.3) is 5.56 Å². The van der Waals surface area contributed by atoms with E-state index in [0.717, 1.165) is 10.6 Å². The summed E-state index contributed by atoms with van der Waals surface area (Å²) in [5.41, 5.74) is 1.00. The van der Waals surface area contributed by atoms with E-state index in [1.807, 2.05) is 47.8 Å². The van der Waals surface area contributed by atoms with Crippen molar-refractivity contribution in [2.75, 3.05) is 0 Å². The van der Waals surface area contributed by atoms with Crippen LogP contribution in [-0.4, -0.2) is 25.2 Å². The van der Waals surface area contributed by atoms with Crippen LogP contribution < -0.4 is 10.9 Å². The van der Waals surface area contributed by atoms with Gasteiger partial charge in [0.05, 0.1) is 18.4 Å². The van der Waals surface area contributed by atoms with Gasteiger partial charge >= 0.3 is 0 Å². The van der Waals surface area contributed by atoms with Gasteiger partial charge in [-0.2, -0.15) is 5.10 Å². The summed E-state index contributed by atoms with van der Waals surface area (Å²) in [6, 6.07) is 13.3. The van der Waals surface area contributed by atoms with E-state index in [4.69, 9.17) is 0 Å². The van der Waals surface area contributed by atoms with Gasteiger partial charge in [-0.25, -0.2) is 9.67 Å². The fraction of sp³-hybridized carbons (Fsp3) is 0.111. The summed E-state index contributed by atoms with van der Waals surface area (Å²) in [4.78, 5) is 30.1. The number of rotatable bonds is 5. The molecule has 7 nitrogen and oxygen atoms in total.